The molecule has 40 heavy (non-hydrogen) atoms. The topological polar surface area (TPSA) is 121 Å². The van der Waals surface area contributed by atoms with E-state index in [0.29, 0.717) is 31.3 Å². The first kappa shape index (κ1) is 27.3. The first-order valence-electron chi connectivity index (χ1n) is 15.4. The van der Waals surface area contributed by atoms with E-state index >= 15 is 0 Å². The van der Waals surface area contributed by atoms with Gasteiger partial charge in [0, 0.05) is 24.8 Å². The summed E-state index contributed by atoms with van der Waals surface area (Å²) in [4.78, 5) is 23.7. The Morgan fingerprint density at radius 3 is 2.55 bits per heavy atom. The maximum atomic E-state index is 12.5. The zero-order valence-electron chi connectivity index (χ0n) is 24.1. The molecule has 7 rings (SSSR count). The number of fused-ring (bicyclic) bond motifs is 7. The molecular weight excluding hydrogens is 516 g/mol. The number of hydrogen-bond acceptors (Lipinski definition) is 9. The number of ether oxygens (including phenoxy) is 5. The Bertz CT molecular complexity index is 1120. The van der Waals surface area contributed by atoms with E-state index in [1.807, 2.05) is 6.92 Å². The molecule has 0 radical (unpaired) electrons. The average Bonchev–Trinajstić information content (AvgIpc) is 3.42. The van der Waals surface area contributed by atoms with Crippen LogP contribution in [0.3, 0.4) is 0 Å². The lowest BCUT2D eigenvalue weighted by Gasteiger charge is -2.65. The van der Waals surface area contributed by atoms with Gasteiger partial charge in [0.25, 0.3) is 5.79 Å². The Balaban J connectivity index is 1.15. The van der Waals surface area contributed by atoms with Crippen LogP contribution >= 0.6 is 0 Å². The molecule has 4 aliphatic carbocycles. The first-order chi connectivity index (χ1) is 18.9. The number of rotatable bonds is 2. The van der Waals surface area contributed by atoms with Crippen LogP contribution in [-0.2, 0) is 33.3 Å². The van der Waals surface area contributed by atoms with Gasteiger partial charge in [-0.2, -0.15) is 0 Å². The lowest BCUT2D eigenvalue weighted by atomic mass is 9.43. The van der Waals surface area contributed by atoms with Crippen molar-refractivity contribution in [1.82, 2.24) is 0 Å². The number of aliphatic hydroxyl groups is 2. The van der Waals surface area contributed by atoms with Gasteiger partial charge in [-0.3, -0.25) is 4.79 Å². The molecule has 0 aromatic carbocycles. The van der Waals surface area contributed by atoms with Crippen molar-refractivity contribution in [3.63, 3.8) is 0 Å². The van der Waals surface area contributed by atoms with Crippen molar-refractivity contribution in [2.45, 2.75) is 128 Å². The quantitative estimate of drug-likeness (QED) is 0.387. The maximum Gasteiger partial charge on any atom is 0.331 e. The highest BCUT2D eigenvalue weighted by atomic mass is 16.8. The Labute approximate surface area is 235 Å². The summed E-state index contributed by atoms with van der Waals surface area (Å²) in [6.07, 6.45) is 6.38. The van der Waals surface area contributed by atoms with Crippen LogP contribution in [0, 0.1) is 34.5 Å². The van der Waals surface area contributed by atoms with Crippen molar-refractivity contribution < 1.29 is 43.5 Å². The van der Waals surface area contributed by atoms with Gasteiger partial charge in [-0.15, -0.1) is 0 Å². The van der Waals surface area contributed by atoms with Crippen molar-refractivity contribution in [1.29, 1.82) is 0 Å². The molecule has 222 valence electrons. The van der Waals surface area contributed by atoms with Gasteiger partial charge in [0.1, 0.15) is 6.61 Å². The van der Waals surface area contributed by atoms with Crippen LogP contribution in [0.1, 0.15) is 85.5 Å². The normalized spacial score (nSPS) is 55.1. The van der Waals surface area contributed by atoms with Crippen LogP contribution in [0.15, 0.2) is 11.6 Å². The monoisotopic (exact) mass is 560 g/mol. The lowest BCUT2D eigenvalue weighted by Crippen LogP contribution is -2.71. The van der Waals surface area contributed by atoms with Gasteiger partial charge in [0.05, 0.1) is 23.9 Å². The van der Waals surface area contributed by atoms with Crippen LogP contribution in [0.5, 0.6) is 0 Å². The molecular formula is C31H44O9. The average molecular weight is 561 g/mol. The highest BCUT2D eigenvalue weighted by Crippen LogP contribution is 2.70. The van der Waals surface area contributed by atoms with Gasteiger partial charge in [0.15, 0.2) is 6.10 Å². The Kier molecular flexibility index (Phi) is 6.14. The number of cyclic esters (lactones) is 1. The van der Waals surface area contributed by atoms with Gasteiger partial charge < -0.3 is 33.9 Å². The molecule has 6 fully saturated rings. The van der Waals surface area contributed by atoms with E-state index in [1.54, 1.807) is 6.08 Å². The van der Waals surface area contributed by atoms with E-state index in [1.165, 1.54) is 6.92 Å². The summed E-state index contributed by atoms with van der Waals surface area (Å²) in [6, 6.07) is 0. The molecule has 2 saturated heterocycles. The van der Waals surface area contributed by atoms with E-state index in [9.17, 15) is 19.8 Å². The molecule has 3 aliphatic heterocycles. The Morgan fingerprint density at radius 1 is 1.02 bits per heavy atom. The van der Waals surface area contributed by atoms with E-state index in [4.69, 9.17) is 23.7 Å². The molecule has 13 atom stereocenters. The number of hydrogen-bond donors (Lipinski definition) is 2. The van der Waals surface area contributed by atoms with Gasteiger partial charge in [-0.1, -0.05) is 13.8 Å². The van der Waals surface area contributed by atoms with Crippen LogP contribution in [-0.4, -0.2) is 70.9 Å². The zero-order chi connectivity index (χ0) is 28.2. The highest BCUT2D eigenvalue weighted by Gasteiger charge is 2.69. The number of carbonyl (C=O) groups excluding carboxylic acids is 2. The molecule has 9 nitrogen and oxygen atoms in total. The molecule has 4 saturated carbocycles. The molecule has 0 bridgehead atoms. The van der Waals surface area contributed by atoms with Gasteiger partial charge >= 0.3 is 11.9 Å². The summed E-state index contributed by atoms with van der Waals surface area (Å²) in [5.74, 6) is -1.51. The smallest absolute Gasteiger partial charge is 0.331 e. The van der Waals surface area contributed by atoms with E-state index in [2.05, 4.69) is 13.8 Å². The third kappa shape index (κ3) is 3.70. The fourth-order valence-electron chi connectivity index (χ4n) is 10.6. The fraction of sp³-hybridized carbons (Fsp3) is 0.871. The van der Waals surface area contributed by atoms with Crippen molar-refractivity contribution in [3.8, 4) is 0 Å². The fourth-order valence-corrected chi connectivity index (χ4v) is 10.6. The van der Waals surface area contributed by atoms with Crippen LogP contribution in [0.2, 0.25) is 0 Å². The number of carbonyl (C=O) groups is 2. The number of esters is 2. The van der Waals surface area contributed by atoms with Crippen LogP contribution in [0.25, 0.3) is 0 Å². The largest absolute Gasteiger partial charge is 0.458 e. The minimum atomic E-state index is -1.85. The second-order valence-corrected chi connectivity index (χ2v) is 14.4. The van der Waals surface area contributed by atoms with Crippen LogP contribution < -0.4 is 0 Å². The van der Waals surface area contributed by atoms with Gasteiger partial charge in [-0.05, 0) is 93.0 Å². The maximum absolute atomic E-state index is 12.5. The van der Waals surface area contributed by atoms with Crippen molar-refractivity contribution in [2.24, 2.45) is 34.5 Å². The second-order valence-electron chi connectivity index (χ2n) is 14.4. The van der Waals surface area contributed by atoms with E-state index < -0.39 is 29.8 Å². The summed E-state index contributed by atoms with van der Waals surface area (Å²) < 4.78 is 29.6. The summed E-state index contributed by atoms with van der Waals surface area (Å²) in [7, 11) is 0. The summed E-state index contributed by atoms with van der Waals surface area (Å²) in [5, 5.41) is 24.2. The van der Waals surface area contributed by atoms with Gasteiger partial charge in [0.2, 0.25) is 6.29 Å². The summed E-state index contributed by atoms with van der Waals surface area (Å²) >= 11 is 0. The SMILES string of the molecule is CC(=O)OC1CC(C)OC2OC3CC4CCC5C(CCC6(C)C(C7=CC(=O)OC7)CCC56O)C4(C)CC3OC12O. The molecule has 7 aliphatic rings. The van der Waals surface area contributed by atoms with Crippen molar-refractivity contribution in [3.05, 3.63) is 11.6 Å². The molecule has 3 heterocycles. The minimum Gasteiger partial charge on any atom is -0.458 e. The van der Waals surface area contributed by atoms with E-state index in [-0.39, 0.29) is 46.9 Å². The predicted octanol–water partition coefficient (Wildman–Crippen LogP) is 3.39. The van der Waals surface area contributed by atoms with Crippen molar-refractivity contribution in [2.75, 3.05) is 6.61 Å². The lowest BCUT2D eigenvalue weighted by molar-refractivity contribution is -0.458. The summed E-state index contributed by atoms with van der Waals surface area (Å²) in [5.41, 5.74) is -0.116. The van der Waals surface area contributed by atoms with Crippen LogP contribution in [0.4, 0.5) is 0 Å². The zero-order valence-corrected chi connectivity index (χ0v) is 24.1. The predicted molar refractivity (Wildman–Crippen MR) is 140 cm³/mol. The molecule has 0 aromatic heterocycles. The molecule has 0 spiro atoms. The second kappa shape index (κ2) is 8.99. The van der Waals surface area contributed by atoms with E-state index in [0.717, 1.165) is 50.5 Å². The third-order valence-electron chi connectivity index (χ3n) is 12.6. The molecule has 0 aromatic rings. The molecule has 13 unspecified atom stereocenters. The molecule has 9 heteroatoms. The minimum absolute atomic E-state index is 0.0861. The highest BCUT2D eigenvalue weighted by molar-refractivity contribution is 5.85. The Hall–Kier alpha value is -1.52. The first-order valence-corrected chi connectivity index (χ1v) is 15.4. The summed E-state index contributed by atoms with van der Waals surface area (Å²) in [6.45, 7) is 8.17. The molecule has 2 N–H and O–H groups in total. The van der Waals surface area contributed by atoms with Gasteiger partial charge in [-0.25, -0.2) is 4.79 Å². The standard InChI is InChI=1S/C31H44O9/c1-16-11-25(38-17(2)32)31(35)27(37-16)39-23-13-19-5-6-22-21(28(19,3)14-24(23)40-31)7-9-29(4)20(8-10-30(22,29)34)18-12-26(33)36-15-18/h12,16,19-25,27,34-35H,5-11,13-15H2,1-4H3. The Morgan fingerprint density at radius 2 is 1.82 bits per heavy atom. The van der Waals surface area contributed by atoms with Crippen molar-refractivity contribution >= 4 is 11.9 Å². The third-order valence-corrected chi connectivity index (χ3v) is 12.6. The molecule has 0 amide bonds.